The van der Waals surface area contributed by atoms with Gasteiger partial charge in [-0.05, 0) is 25.5 Å². The molecular formula is C17H18N4O3. The zero-order valence-corrected chi connectivity index (χ0v) is 13.5. The number of imide groups is 1. The van der Waals surface area contributed by atoms with Gasteiger partial charge in [0.05, 0.1) is 11.2 Å². The van der Waals surface area contributed by atoms with Crippen molar-refractivity contribution in [3.63, 3.8) is 0 Å². The highest BCUT2D eigenvalue weighted by Crippen LogP contribution is 2.22. The number of carbonyl (C=O) groups excluding carboxylic acids is 3. The highest BCUT2D eigenvalue weighted by Gasteiger charge is 2.46. The van der Waals surface area contributed by atoms with E-state index >= 15 is 0 Å². The van der Waals surface area contributed by atoms with Crippen molar-refractivity contribution in [1.82, 2.24) is 15.2 Å². The van der Waals surface area contributed by atoms with E-state index in [0.29, 0.717) is 17.6 Å². The van der Waals surface area contributed by atoms with Gasteiger partial charge >= 0.3 is 6.03 Å². The van der Waals surface area contributed by atoms with E-state index in [2.05, 4.69) is 15.6 Å². The van der Waals surface area contributed by atoms with Gasteiger partial charge < -0.3 is 10.6 Å². The van der Waals surface area contributed by atoms with Gasteiger partial charge in [-0.15, -0.1) is 0 Å². The lowest BCUT2D eigenvalue weighted by Gasteiger charge is -2.19. The van der Waals surface area contributed by atoms with Crippen LogP contribution in [0.3, 0.4) is 0 Å². The van der Waals surface area contributed by atoms with Gasteiger partial charge in [0.2, 0.25) is 5.91 Å². The summed E-state index contributed by atoms with van der Waals surface area (Å²) in [5.74, 6) is -0.835. The van der Waals surface area contributed by atoms with E-state index < -0.39 is 17.5 Å². The summed E-state index contributed by atoms with van der Waals surface area (Å²) >= 11 is 0. The number of benzene rings is 1. The van der Waals surface area contributed by atoms with Crippen LogP contribution >= 0.6 is 0 Å². The summed E-state index contributed by atoms with van der Waals surface area (Å²) in [6.07, 6.45) is 2.10. The number of hydrogen-bond donors (Lipinski definition) is 2. The Balaban J connectivity index is 1.76. The fraction of sp³-hybridized carbons (Fsp3) is 0.294. The Morgan fingerprint density at radius 3 is 2.75 bits per heavy atom. The average Bonchev–Trinajstić information content (AvgIpc) is 2.79. The number of fused-ring (bicyclic) bond motifs is 1. The quantitative estimate of drug-likeness (QED) is 0.839. The second-order valence-corrected chi connectivity index (χ2v) is 5.94. The molecule has 1 fully saturated rings. The summed E-state index contributed by atoms with van der Waals surface area (Å²) in [5, 5.41) is 6.24. The Kier molecular flexibility index (Phi) is 3.92. The highest BCUT2D eigenvalue weighted by molar-refractivity contribution is 6.10. The second-order valence-electron chi connectivity index (χ2n) is 5.94. The van der Waals surface area contributed by atoms with Crippen molar-refractivity contribution >= 4 is 34.4 Å². The first-order chi connectivity index (χ1) is 11.4. The molecular weight excluding hydrogens is 308 g/mol. The van der Waals surface area contributed by atoms with Gasteiger partial charge in [0.1, 0.15) is 12.1 Å². The molecule has 7 nitrogen and oxygen atoms in total. The Bertz CT molecular complexity index is 830. The Morgan fingerprint density at radius 1 is 1.29 bits per heavy atom. The normalized spacial score (nSPS) is 20.3. The number of hydrogen-bond acceptors (Lipinski definition) is 4. The van der Waals surface area contributed by atoms with Crippen molar-refractivity contribution in [2.75, 3.05) is 11.9 Å². The van der Waals surface area contributed by atoms with Crippen LogP contribution in [0.25, 0.3) is 10.9 Å². The van der Waals surface area contributed by atoms with Gasteiger partial charge in [-0.2, -0.15) is 0 Å². The third-order valence-electron chi connectivity index (χ3n) is 4.26. The molecule has 0 radical (unpaired) electrons. The molecule has 1 atom stereocenters. The van der Waals surface area contributed by atoms with E-state index in [1.165, 1.54) is 0 Å². The highest BCUT2D eigenvalue weighted by atomic mass is 16.2. The van der Waals surface area contributed by atoms with Crippen LogP contribution < -0.4 is 10.6 Å². The summed E-state index contributed by atoms with van der Waals surface area (Å²) in [7, 11) is 0. The number of anilines is 1. The molecule has 4 amide bonds. The number of pyridine rings is 1. The van der Waals surface area contributed by atoms with Gasteiger partial charge in [0.15, 0.2) is 0 Å². The lowest BCUT2D eigenvalue weighted by Crippen LogP contribution is -2.44. The number of rotatable bonds is 4. The third kappa shape index (κ3) is 2.68. The summed E-state index contributed by atoms with van der Waals surface area (Å²) in [6, 6.07) is 8.59. The summed E-state index contributed by atoms with van der Waals surface area (Å²) in [6.45, 7) is 3.13. The van der Waals surface area contributed by atoms with Crippen molar-refractivity contribution in [3.8, 4) is 0 Å². The maximum atomic E-state index is 12.3. The van der Waals surface area contributed by atoms with Crippen molar-refractivity contribution < 1.29 is 14.4 Å². The molecule has 124 valence electrons. The second kappa shape index (κ2) is 5.92. The predicted octanol–water partition coefficient (Wildman–Crippen LogP) is 1.89. The monoisotopic (exact) mass is 326 g/mol. The standard InChI is InChI=1S/C17H18N4O3/c1-3-17(2)15(23)21(16(24)20-17)10-13(22)19-12-8-4-6-11-7-5-9-18-14(11)12/h4-9H,3,10H2,1-2H3,(H,19,22)(H,20,24). The van der Waals surface area contributed by atoms with Crippen molar-refractivity contribution in [2.45, 2.75) is 25.8 Å². The van der Waals surface area contributed by atoms with Crippen LogP contribution in [-0.4, -0.2) is 39.8 Å². The molecule has 1 saturated heterocycles. The zero-order valence-electron chi connectivity index (χ0n) is 13.5. The number of para-hydroxylation sites is 1. The van der Waals surface area contributed by atoms with Crippen molar-refractivity contribution in [1.29, 1.82) is 0 Å². The van der Waals surface area contributed by atoms with Crippen LogP contribution in [0.1, 0.15) is 20.3 Å². The molecule has 1 unspecified atom stereocenters. The van der Waals surface area contributed by atoms with Gasteiger partial charge in [-0.25, -0.2) is 4.79 Å². The molecule has 0 spiro atoms. The Morgan fingerprint density at radius 2 is 2.04 bits per heavy atom. The van der Waals surface area contributed by atoms with E-state index in [1.54, 1.807) is 19.2 Å². The molecule has 1 aliphatic rings. The lowest BCUT2D eigenvalue weighted by atomic mass is 9.99. The first-order valence-corrected chi connectivity index (χ1v) is 7.72. The van der Waals surface area contributed by atoms with Crippen LogP contribution in [0.4, 0.5) is 10.5 Å². The molecule has 1 aromatic carbocycles. The zero-order chi connectivity index (χ0) is 17.3. The molecule has 3 rings (SSSR count). The minimum atomic E-state index is -0.946. The van der Waals surface area contributed by atoms with Crippen LogP contribution in [-0.2, 0) is 9.59 Å². The molecule has 1 aliphatic heterocycles. The number of aromatic nitrogens is 1. The number of carbonyl (C=O) groups is 3. The summed E-state index contributed by atoms with van der Waals surface area (Å²) in [5.41, 5.74) is 0.255. The third-order valence-corrected chi connectivity index (χ3v) is 4.26. The maximum Gasteiger partial charge on any atom is 0.325 e. The molecule has 7 heteroatoms. The fourth-order valence-corrected chi connectivity index (χ4v) is 2.67. The lowest BCUT2D eigenvalue weighted by molar-refractivity contribution is -0.133. The molecule has 0 aliphatic carbocycles. The molecule has 0 saturated carbocycles. The van der Waals surface area contributed by atoms with Crippen LogP contribution in [0, 0.1) is 0 Å². The number of nitrogens with zero attached hydrogens (tertiary/aromatic N) is 2. The van der Waals surface area contributed by atoms with Gasteiger partial charge in [-0.1, -0.05) is 25.1 Å². The number of nitrogens with one attached hydrogen (secondary N) is 2. The first kappa shape index (κ1) is 15.9. The van der Waals surface area contributed by atoms with Gasteiger partial charge in [-0.3, -0.25) is 19.5 Å². The number of amides is 4. The molecule has 24 heavy (non-hydrogen) atoms. The van der Waals surface area contributed by atoms with Crippen LogP contribution in [0.2, 0.25) is 0 Å². The smallest absolute Gasteiger partial charge is 0.323 e. The van der Waals surface area contributed by atoms with Crippen LogP contribution in [0.15, 0.2) is 36.5 Å². The van der Waals surface area contributed by atoms with Crippen molar-refractivity contribution in [2.24, 2.45) is 0 Å². The van der Waals surface area contributed by atoms with Crippen molar-refractivity contribution in [3.05, 3.63) is 36.5 Å². The molecule has 2 heterocycles. The van der Waals surface area contributed by atoms with Gasteiger partial charge in [0.25, 0.3) is 5.91 Å². The predicted molar refractivity (Wildman–Crippen MR) is 89.3 cm³/mol. The summed E-state index contributed by atoms with van der Waals surface area (Å²) < 4.78 is 0. The minimum absolute atomic E-state index is 0.330. The molecule has 2 N–H and O–H groups in total. The van der Waals surface area contributed by atoms with Gasteiger partial charge in [0, 0.05) is 11.6 Å². The largest absolute Gasteiger partial charge is 0.325 e. The minimum Gasteiger partial charge on any atom is -0.323 e. The fourth-order valence-electron chi connectivity index (χ4n) is 2.67. The molecule has 1 aromatic heterocycles. The van der Waals surface area contributed by atoms with E-state index in [0.717, 1.165) is 10.3 Å². The molecule has 0 bridgehead atoms. The topological polar surface area (TPSA) is 91.4 Å². The molecule has 2 aromatic rings. The van der Waals surface area contributed by atoms with E-state index in [9.17, 15) is 14.4 Å². The first-order valence-electron chi connectivity index (χ1n) is 7.72. The Hall–Kier alpha value is -2.96. The maximum absolute atomic E-state index is 12.3. The Labute approximate surface area is 139 Å². The van der Waals surface area contributed by atoms with E-state index in [-0.39, 0.29) is 12.5 Å². The van der Waals surface area contributed by atoms with E-state index in [4.69, 9.17) is 0 Å². The number of urea groups is 1. The van der Waals surface area contributed by atoms with E-state index in [1.807, 2.05) is 31.2 Å². The average molecular weight is 326 g/mol. The SMILES string of the molecule is CCC1(C)NC(=O)N(CC(=O)Nc2cccc3cccnc23)C1=O. The van der Waals surface area contributed by atoms with Crippen LogP contribution in [0.5, 0.6) is 0 Å². The summed E-state index contributed by atoms with van der Waals surface area (Å²) in [4.78, 5) is 41.8.